The average Bonchev–Trinajstić information content (AvgIpc) is 3.30. The Hall–Kier alpha value is -4.13. The van der Waals surface area contributed by atoms with E-state index in [0.717, 1.165) is 45.9 Å². The zero-order valence-electron chi connectivity index (χ0n) is 15.6. The normalized spacial score (nSPS) is 11.0. The van der Waals surface area contributed by atoms with E-state index in [9.17, 15) is 8.78 Å². The lowest BCUT2D eigenvalue weighted by atomic mass is 10.1. The van der Waals surface area contributed by atoms with Gasteiger partial charge in [0.1, 0.15) is 11.6 Å². The Morgan fingerprint density at radius 2 is 1.73 bits per heavy atom. The molecule has 0 atom stereocenters. The van der Waals surface area contributed by atoms with Gasteiger partial charge in [-0.2, -0.15) is 5.10 Å². The third kappa shape index (κ3) is 3.37. The summed E-state index contributed by atoms with van der Waals surface area (Å²) in [7, 11) is 0. The molecule has 0 aliphatic rings. The molecule has 0 fully saturated rings. The van der Waals surface area contributed by atoms with Gasteiger partial charge in [0.25, 0.3) is 0 Å². The van der Waals surface area contributed by atoms with E-state index in [4.69, 9.17) is 0 Å². The van der Waals surface area contributed by atoms with Crippen LogP contribution in [0, 0.1) is 11.6 Å². The number of H-pyrrole nitrogens is 1. The number of rotatable bonds is 4. The summed E-state index contributed by atoms with van der Waals surface area (Å²) in [5, 5.41) is 11.1. The fourth-order valence-electron chi connectivity index (χ4n) is 3.35. The fraction of sp³-hybridized carbons (Fsp3) is 0. The maximum Gasteiger partial charge on any atom is 0.132 e. The van der Waals surface area contributed by atoms with E-state index in [1.54, 1.807) is 30.7 Å². The lowest BCUT2D eigenvalue weighted by Crippen LogP contribution is -1.95. The quantitative estimate of drug-likeness (QED) is 0.406. The van der Waals surface area contributed by atoms with Crippen molar-refractivity contribution in [3.05, 3.63) is 91.0 Å². The zero-order valence-corrected chi connectivity index (χ0v) is 15.6. The van der Waals surface area contributed by atoms with Crippen LogP contribution < -0.4 is 5.32 Å². The Kier molecular flexibility index (Phi) is 4.40. The number of nitrogens with one attached hydrogen (secondary N) is 2. The SMILES string of the molecule is Fc1ccc(F)c(-c2cc(Nc3ccnc4cc(-c5cn[nH]c5)ccc34)ccn2)c1. The predicted molar refractivity (Wildman–Crippen MR) is 112 cm³/mol. The molecule has 0 radical (unpaired) electrons. The Balaban J connectivity index is 1.51. The highest BCUT2D eigenvalue weighted by atomic mass is 19.1. The average molecular weight is 399 g/mol. The van der Waals surface area contributed by atoms with Crippen molar-refractivity contribution in [1.29, 1.82) is 0 Å². The smallest absolute Gasteiger partial charge is 0.132 e. The third-order valence-electron chi connectivity index (χ3n) is 4.82. The van der Waals surface area contributed by atoms with Crippen LogP contribution in [0.5, 0.6) is 0 Å². The van der Waals surface area contributed by atoms with Gasteiger partial charge in [0.2, 0.25) is 0 Å². The monoisotopic (exact) mass is 399 g/mol. The van der Waals surface area contributed by atoms with Crippen LogP contribution in [0.3, 0.4) is 0 Å². The van der Waals surface area contributed by atoms with Crippen molar-refractivity contribution in [3.8, 4) is 22.4 Å². The summed E-state index contributed by atoms with van der Waals surface area (Å²) in [5.74, 6) is -1.04. The van der Waals surface area contributed by atoms with E-state index >= 15 is 0 Å². The van der Waals surface area contributed by atoms with Crippen LogP contribution in [0.4, 0.5) is 20.2 Å². The molecule has 0 saturated heterocycles. The molecule has 0 aliphatic carbocycles. The van der Waals surface area contributed by atoms with Gasteiger partial charge in [0.05, 0.1) is 17.4 Å². The standard InChI is InChI=1S/C23H15F2N5/c24-16-2-4-20(25)19(10-16)23-11-17(5-7-26-23)30-21-6-8-27-22-9-14(1-3-18(21)22)15-12-28-29-13-15/h1-13H,(H,28,29)(H,26,27,30). The summed E-state index contributed by atoms with van der Waals surface area (Å²) in [6.45, 7) is 0. The van der Waals surface area contributed by atoms with Crippen molar-refractivity contribution in [1.82, 2.24) is 20.2 Å². The molecule has 5 aromatic rings. The van der Waals surface area contributed by atoms with E-state index in [2.05, 4.69) is 25.5 Å². The van der Waals surface area contributed by atoms with Crippen molar-refractivity contribution in [3.63, 3.8) is 0 Å². The number of hydrogen-bond acceptors (Lipinski definition) is 4. The summed E-state index contributed by atoms with van der Waals surface area (Å²) in [4.78, 5) is 8.65. The first-order chi connectivity index (χ1) is 14.7. The molecular weight excluding hydrogens is 384 g/mol. The van der Waals surface area contributed by atoms with Crippen LogP contribution in [-0.2, 0) is 0 Å². The maximum atomic E-state index is 14.1. The highest BCUT2D eigenvalue weighted by Crippen LogP contribution is 2.30. The van der Waals surface area contributed by atoms with Crippen LogP contribution in [0.15, 0.2) is 79.4 Å². The second-order valence-corrected chi connectivity index (χ2v) is 6.76. The first-order valence-electron chi connectivity index (χ1n) is 9.24. The van der Waals surface area contributed by atoms with Gasteiger partial charge in [-0.05, 0) is 48.0 Å². The molecule has 30 heavy (non-hydrogen) atoms. The summed E-state index contributed by atoms with van der Waals surface area (Å²) >= 11 is 0. The van der Waals surface area contributed by atoms with E-state index in [1.165, 1.54) is 0 Å². The van der Waals surface area contributed by atoms with E-state index < -0.39 is 11.6 Å². The Labute approximate surface area is 170 Å². The second-order valence-electron chi connectivity index (χ2n) is 6.76. The van der Waals surface area contributed by atoms with E-state index in [1.807, 2.05) is 30.5 Å². The first-order valence-corrected chi connectivity index (χ1v) is 9.24. The second kappa shape index (κ2) is 7.36. The molecule has 0 aliphatic heterocycles. The number of anilines is 2. The first kappa shape index (κ1) is 17.9. The summed E-state index contributed by atoms with van der Waals surface area (Å²) in [5.41, 5.74) is 4.82. The molecular formula is C23H15F2N5. The topological polar surface area (TPSA) is 66.5 Å². The summed E-state index contributed by atoms with van der Waals surface area (Å²) in [6, 6.07) is 14.6. The molecule has 5 rings (SSSR count). The lowest BCUT2D eigenvalue weighted by Gasteiger charge is -2.11. The number of pyridine rings is 2. The molecule has 3 heterocycles. The molecule has 0 bridgehead atoms. The number of aromatic nitrogens is 4. The molecule has 5 nitrogen and oxygen atoms in total. The molecule has 0 spiro atoms. The zero-order chi connectivity index (χ0) is 20.5. The number of aromatic amines is 1. The number of nitrogens with zero attached hydrogens (tertiary/aromatic N) is 3. The number of fused-ring (bicyclic) bond motifs is 1. The van der Waals surface area contributed by atoms with Crippen LogP contribution in [-0.4, -0.2) is 20.2 Å². The Morgan fingerprint density at radius 1 is 0.833 bits per heavy atom. The van der Waals surface area contributed by atoms with Crippen molar-refractivity contribution in [2.75, 3.05) is 5.32 Å². The Bertz CT molecular complexity index is 1350. The summed E-state index contributed by atoms with van der Waals surface area (Å²) < 4.78 is 27.7. The predicted octanol–water partition coefficient (Wildman–Crippen LogP) is 5.71. The molecule has 146 valence electrons. The van der Waals surface area contributed by atoms with E-state index in [0.29, 0.717) is 11.4 Å². The van der Waals surface area contributed by atoms with Gasteiger partial charge >= 0.3 is 0 Å². The molecule has 2 aromatic carbocycles. The van der Waals surface area contributed by atoms with Crippen molar-refractivity contribution in [2.24, 2.45) is 0 Å². The van der Waals surface area contributed by atoms with E-state index in [-0.39, 0.29) is 5.56 Å². The third-order valence-corrected chi connectivity index (χ3v) is 4.82. The summed E-state index contributed by atoms with van der Waals surface area (Å²) in [6.07, 6.45) is 6.86. The highest BCUT2D eigenvalue weighted by Gasteiger charge is 2.10. The number of benzene rings is 2. The van der Waals surface area contributed by atoms with Crippen molar-refractivity contribution < 1.29 is 8.78 Å². The maximum absolute atomic E-state index is 14.1. The fourth-order valence-corrected chi connectivity index (χ4v) is 3.35. The van der Waals surface area contributed by atoms with Crippen LogP contribution in [0.25, 0.3) is 33.3 Å². The molecule has 3 aromatic heterocycles. The van der Waals surface area contributed by atoms with Gasteiger partial charge in [0, 0.05) is 46.5 Å². The van der Waals surface area contributed by atoms with Gasteiger partial charge < -0.3 is 5.32 Å². The lowest BCUT2D eigenvalue weighted by molar-refractivity contribution is 0.602. The molecule has 7 heteroatoms. The minimum atomic E-state index is -0.526. The molecule has 0 saturated carbocycles. The number of halogens is 2. The van der Waals surface area contributed by atoms with Gasteiger partial charge in [-0.3, -0.25) is 15.1 Å². The minimum Gasteiger partial charge on any atom is -0.355 e. The molecule has 0 unspecified atom stereocenters. The number of hydrogen-bond donors (Lipinski definition) is 2. The molecule has 2 N–H and O–H groups in total. The van der Waals surface area contributed by atoms with Gasteiger partial charge in [-0.15, -0.1) is 0 Å². The van der Waals surface area contributed by atoms with Crippen LogP contribution in [0.1, 0.15) is 0 Å². The van der Waals surface area contributed by atoms with Crippen LogP contribution in [0.2, 0.25) is 0 Å². The molecule has 0 amide bonds. The minimum absolute atomic E-state index is 0.114. The van der Waals surface area contributed by atoms with Gasteiger partial charge in [-0.25, -0.2) is 8.78 Å². The Morgan fingerprint density at radius 3 is 2.60 bits per heavy atom. The van der Waals surface area contributed by atoms with Crippen LogP contribution >= 0.6 is 0 Å². The largest absolute Gasteiger partial charge is 0.355 e. The van der Waals surface area contributed by atoms with Gasteiger partial charge in [0.15, 0.2) is 0 Å². The van der Waals surface area contributed by atoms with Crippen molar-refractivity contribution in [2.45, 2.75) is 0 Å². The van der Waals surface area contributed by atoms with Gasteiger partial charge in [-0.1, -0.05) is 12.1 Å². The highest BCUT2D eigenvalue weighted by molar-refractivity contribution is 5.95. The van der Waals surface area contributed by atoms with Crippen molar-refractivity contribution >= 4 is 22.3 Å².